The van der Waals surface area contributed by atoms with Gasteiger partial charge in [0.1, 0.15) is 5.75 Å². The molecule has 4 rings (SSSR count). The molecule has 8 heteroatoms. The predicted octanol–water partition coefficient (Wildman–Crippen LogP) is 4.27. The van der Waals surface area contributed by atoms with E-state index in [2.05, 4.69) is 10.6 Å². The minimum absolute atomic E-state index is 0.178. The van der Waals surface area contributed by atoms with Gasteiger partial charge >= 0.3 is 5.76 Å². The molecule has 0 unspecified atom stereocenters. The fourth-order valence-corrected chi connectivity index (χ4v) is 3.53. The minimum Gasteiger partial charge on any atom is -0.497 e. The van der Waals surface area contributed by atoms with E-state index in [1.807, 2.05) is 6.07 Å². The molecule has 168 valence electrons. The van der Waals surface area contributed by atoms with Gasteiger partial charge in [-0.05, 0) is 42.8 Å². The fraction of sp³-hybridized carbons (Fsp3) is 0.160. The normalized spacial score (nSPS) is 10.7. The number of nitrogens with zero attached hydrogens (tertiary/aromatic N) is 1. The zero-order chi connectivity index (χ0) is 23.2. The molecule has 2 amide bonds. The number of rotatable bonds is 8. The topological polar surface area (TPSA) is 103 Å². The highest BCUT2D eigenvalue weighted by Gasteiger charge is 2.14. The van der Waals surface area contributed by atoms with Crippen molar-refractivity contribution in [3.63, 3.8) is 0 Å². The first kappa shape index (κ1) is 21.9. The van der Waals surface area contributed by atoms with Crippen molar-refractivity contribution in [3.8, 4) is 5.75 Å². The molecule has 2 N–H and O–H groups in total. The van der Waals surface area contributed by atoms with E-state index in [9.17, 15) is 14.4 Å². The lowest BCUT2D eigenvalue weighted by molar-refractivity contribution is -0.116. The number of hydrogen-bond donors (Lipinski definition) is 2. The van der Waals surface area contributed by atoms with Gasteiger partial charge in [0.05, 0.1) is 23.9 Å². The molecule has 4 aromatic rings. The van der Waals surface area contributed by atoms with Gasteiger partial charge in [-0.3, -0.25) is 14.2 Å². The summed E-state index contributed by atoms with van der Waals surface area (Å²) in [5, 5.41) is 5.61. The number of carbonyl (C=O) groups is 2. The SMILES string of the molecule is COc1cccc(NC(=O)c2ccccc2NC(=O)CCCn2c(=O)oc3ccccc32)c1. The van der Waals surface area contributed by atoms with Gasteiger partial charge in [0, 0.05) is 24.7 Å². The molecular formula is C25H23N3O5. The van der Waals surface area contributed by atoms with E-state index < -0.39 is 5.76 Å². The number of aromatic nitrogens is 1. The molecule has 0 atom stereocenters. The highest BCUT2D eigenvalue weighted by Crippen LogP contribution is 2.21. The van der Waals surface area contributed by atoms with E-state index in [-0.39, 0.29) is 18.2 Å². The maximum absolute atomic E-state index is 12.8. The minimum atomic E-state index is -0.448. The molecule has 0 aliphatic heterocycles. The van der Waals surface area contributed by atoms with Crippen molar-refractivity contribution in [1.82, 2.24) is 4.57 Å². The Balaban J connectivity index is 1.38. The van der Waals surface area contributed by atoms with Gasteiger partial charge in [-0.1, -0.05) is 30.3 Å². The number of carbonyl (C=O) groups excluding carboxylic acids is 2. The molecule has 1 heterocycles. The Morgan fingerprint density at radius 1 is 0.970 bits per heavy atom. The summed E-state index contributed by atoms with van der Waals surface area (Å²) in [7, 11) is 1.55. The third kappa shape index (κ3) is 5.12. The number of methoxy groups -OCH3 is 1. The van der Waals surface area contributed by atoms with Crippen LogP contribution in [0.15, 0.2) is 82.0 Å². The number of hydrogen-bond acceptors (Lipinski definition) is 5. The van der Waals surface area contributed by atoms with Crippen LogP contribution in [-0.4, -0.2) is 23.5 Å². The molecule has 0 aliphatic rings. The molecule has 0 radical (unpaired) electrons. The molecule has 3 aromatic carbocycles. The Labute approximate surface area is 189 Å². The van der Waals surface area contributed by atoms with Crippen LogP contribution in [0.4, 0.5) is 11.4 Å². The van der Waals surface area contributed by atoms with Crippen molar-refractivity contribution >= 4 is 34.3 Å². The molecule has 1 aromatic heterocycles. The second-order valence-electron chi connectivity index (χ2n) is 7.37. The molecule has 0 spiro atoms. The zero-order valence-corrected chi connectivity index (χ0v) is 18.0. The highest BCUT2D eigenvalue weighted by molar-refractivity contribution is 6.10. The largest absolute Gasteiger partial charge is 0.497 e. The van der Waals surface area contributed by atoms with Crippen molar-refractivity contribution in [2.75, 3.05) is 17.7 Å². The number of fused-ring (bicyclic) bond motifs is 1. The average Bonchev–Trinajstić information content (AvgIpc) is 3.14. The van der Waals surface area contributed by atoms with Crippen LogP contribution < -0.4 is 21.1 Å². The van der Waals surface area contributed by atoms with Crippen LogP contribution in [0, 0.1) is 0 Å². The summed E-state index contributed by atoms with van der Waals surface area (Å²) >= 11 is 0. The molecule has 0 saturated heterocycles. The summed E-state index contributed by atoms with van der Waals surface area (Å²) in [6.07, 6.45) is 0.616. The van der Waals surface area contributed by atoms with E-state index in [0.717, 1.165) is 0 Å². The number of amides is 2. The van der Waals surface area contributed by atoms with Crippen molar-refractivity contribution in [1.29, 1.82) is 0 Å². The number of anilines is 2. The summed E-state index contributed by atoms with van der Waals surface area (Å²) in [6, 6.07) is 21.0. The Morgan fingerprint density at radius 3 is 2.61 bits per heavy atom. The molecule has 33 heavy (non-hydrogen) atoms. The van der Waals surface area contributed by atoms with Crippen LogP contribution >= 0.6 is 0 Å². The zero-order valence-electron chi connectivity index (χ0n) is 18.0. The number of para-hydroxylation sites is 3. The van der Waals surface area contributed by atoms with Gasteiger partial charge in [0.25, 0.3) is 5.91 Å². The maximum Gasteiger partial charge on any atom is 0.419 e. The Morgan fingerprint density at radius 2 is 1.76 bits per heavy atom. The fourth-order valence-electron chi connectivity index (χ4n) is 3.53. The lowest BCUT2D eigenvalue weighted by atomic mass is 10.1. The van der Waals surface area contributed by atoms with Crippen molar-refractivity contribution in [2.45, 2.75) is 19.4 Å². The third-order valence-corrected chi connectivity index (χ3v) is 5.13. The van der Waals surface area contributed by atoms with E-state index >= 15 is 0 Å². The number of ether oxygens (including phenoxy) is 1. The number of benzene rings is 3. The van der Waals surface area contributed by atoms with Gasteiger partial charge < -0.3 is 19.8 Å². The van der Waals surface area contributed by atoms with Crippen LogP contribution in [0.2, 0.25) is 0 Å². The van der Waals surface area contributed by atoms with Crippen LogP contribution in [-0.2, 0) is 11.3 Å². The van der Waals surface area contributed by atoms with Crippen molar-refractivity contribution < 1.29 is 18.7 Å². The van der Waals surface area contributed by atoms with E-state index in [0.29, 0.717) is 46.8 Å². The van der Waals surface area contributed by atoms with Gasteiger partial charge in [0.2, 0.25) is 5.91 Å². The molecule has 0 bridgehead atoms. The number of aryl methyl sites for hydroxylation is 1. The molecule has 0 fully saturated rings. The van der Waals surface area contributed by atoms with E-state index in [1.54, 1.807) is 73.8 Å². The number of nitrogens with one attached hydrogen (secondary N) is 2. The maximum atomic E-state index is 12.8. The summed E-state index contributed by atoms with van der Waals surface area (Å²) < 4.78 is 11.9. The lowest BCUT2D eigenvalue weighted by Crippen LogP contribution is -2.19. The second kappa shape index (κ2) is 9.86. The summed E-state index contributed by atoms with van der Waals surface area (Å²) in [5.41, 5.74) is 2.54. The molecule has 0 aliphatic carbocycles. The van der Waals surface area contributed by atoms with Crippen molar-refractivity contribution in [3.05, 3.63) is 88.9 Å². The van der Waals surface area contributed by atoms with E-state index in [1.165, 1.54) is 4.57 Å². The highest BCUT2D eigenvalue weighted by atomic mass is 16.5. The van der Waals surface area contributed by atoms with Gasteiger partial charge in [-0.2, -0.15) is 0 Å². The van der Waals surface area contributed by atoms with Crippen LogP contribution in [0.25, 0.3) is 11.1 Å². The Hall–Kier alpha value is -4.33. The van der Waals surface area contributed by atoms with Crippen LogP contribution in [0.5, 0.6) is 5.75 Å². The summed E-state index contributed by atoms with van der Waals surface area (Å²) in [4.78, 5) is 37.4. The molecule has 0 saturated carbocycles. The Bertz CT molecular complexity index is 1360. The monoisotopic (exact) mass is 445 g/mol. The first-order valence-electron chi connectivity index (χ1n) is 10.5. The molecule has 8 nitrogen and oxygen atoms in total. The van der Waals surface area contributed by atoms with Gasteiger partial charge in [0.15, 0.2) is 5.58 Å². The standard InChI is InChI=1S/C25H23N3O5/c1-32-18-9-6-8-17(16-18)26-24(30)19-10-2-3-11-20(19)27-23(29)14-7-15-28-21-12-4-5-13-22(21)33-25(28)31/h2-6,8-13,16H,7,14-15H2,1H3,(H,26,30)(H,27,29). The first-order valence-corrected chi connectivity index (χ1v) is 10.5. The Kier molecular flexibility index (Phi) is 6.54. The molecular weight excluding hydrogens is 422 g/mol. The van der Waals surface area contributed by atoms with E-state index in [4.69, 9.17) is 9.15 Å². The van der Waals surface area contributed by atoms with Gasteiger partial charge in [-0.15, -0.1) is 0 Å². The third-order valence-electron chi connectivity index (χ3n) is 5.13. The summed E-state index contributed by atoms with van der Waals surface area (Å²) in [6.45, 7) is 0.348. The van der Waals surface area contributed by atoms with Crippen LogP contribution in [0.3, 0.4) is 0 Å². The first-order chi connectivity index (χ1) is 16.0. The smallest absolute Gasteiger partial charge is 0.419 e. The quantitative estimate of drug-likeness (QED) is 0.422. The summed E-state index contributed by atoms with van der Waals surface area (Å²) in [5.74, 6) is -0.428. The van der Waals surface area contributed by atoms with Crippen molar-refractivity contribution in [2.24, 2.45) is 0 Å². The lowest BCUT2D eigenvalue weighted by Gasteiger charge is -2.12. The van der Waals surface area contributed by atoms with Gasteiger partial charge in [-0.25, -0.2) is 4.79 Å². The predicted molar refractivity (Wildman–Crippen MR) is 126 cm³/mol. The second-order valence-corrected chi connectivity index (χ2v) is 7.37. The van der Waals surface area contributed by atoms with Crippen LogP contribution in [0.1, 0.15) is 23.2 Å². The average molecular weight is 445 g/mol. The number of oxazole rings is 1.